The third kappa shape index (κ3) is 1.03. The van der Waals surface area contributed by atoms with Crippen molar-refractivity contribution < 1.29 is 13.2 Å². The van der Waals surface area contributed by atoms with Crippen LogP contribution in [0.25, 0.3) is 21.5 Å². The Morgan fingerprint density at radius 3 is 1.93 bits per heavy atom. The maximum Gasteiger partial charge on any atom is 0.159 e. The minimum atomic E-state index is -0.949. The molecule has 0 heterocycles. The van der Waals surface area contributed by atoms with Crippen molar-refractivity contribution in [1.29, 1.82) is 0 Å². The third-order valence-corrected chi connectivity index (χ3v) is 2.63. The Morgan fingerprint density at radius 1 is 0.600 bits per heavy atom. The predicted molar refractivity (Wildman–Crippen MR) is 52.5 cm³/mol. The van der Waals surface area contributed by atoms with Crippen LogP contribution in [-0.2, 0) is 0 Å². The molecule has 74 valence electrons. The van der Waals surface area contributed by atoms with E-state index in [0.29, 0.717) is 21.5 Å². The topological polar surface area (TPSA) is 0 Å². The van der Waals surface area contributed by atoms with Crippen molar-refractivity contribution in [2.24, 2.45) is 0 Å². The Labute approximate surface area is 83.3 Å². The summed E-state index contributed by atoms with van der Waals surface area (Å²) >= 11 is 0. The summed E-state index contributed by atoms with van der Waals surface area (Å²) in [6.07, 6.45) is 0. The fraction of sp³-hybridized carbons (Fsp3) is 0. The van der Waals surface area contributed by atoms with Crippen LogP contribution in [0.3, 0.4) is 0 Å². The Kier molecular flexibility index (Phi) is 1.49. The van der Waals surface area contributed by atoms with Crippen molar-refractivity contribution in [2.75, 3.05) is 0 Å². The van der Waals surface area contributed by atoms with Gasteiger partial charge in [0.05, 0.1) is 0 Å². The SMILES string of the molecule is Fc1cc2c3ccc(c(F)c3)c2cc1F. The molecule has 0 unspecified atom stereocenters. The lowest BCUT2D eigenvalue weighted by Crippen LogP contribution is -1.90. The monoisotopic (exact) mass is 206 g/mol. The molecule has 0 spiro atoms. The molecule has 0 radical (unpaired) electrons. The van der Waals surface area contributed by atoms with Gasteiger partial charge >= 0.3 is 0 Å². The van der Waals surface area contributed by atoms with Crippen molar-refractivity contribution in [3.8, 4) is 0 Å². The molecule has 0 fully saturated rings. The highest BCUT2D eigenvalue weighted by atomic mass is 19.2. The van der Waals surface area contributed by atoms with Gasteiger partial charge in [0.2, 0.25) is 0 Å². The first-order valence-corrected chi connectivity index (χ1v) is 4.46. The lowest BCUT2D eigenvalue weighted by Gasteiger charge is -2.08. The van der Waals surface area contributed by atoms with E-state index in [4.69, 9.17) is 0 Å². The van der Waals surface area contributed by atoms with Gasteiger partial charge in [-0.15, -0.1) is 0 Å². The molecule has 4 aromatic rings. The zero-order valence-corrected chi connectivity index (χ0v) is 7.52. The lowest BCUT2D eigenvalue weighted by molar-refractivity contribution is 0.511. The normalized spacial score (nSPS) is 11.7. The van der Waals surface area contributed by atoms with Gasteiger partial charge in [0.15, 0.2) is 11.6 Å². The molecule has 4 rings (SSSR count). The second-order valence-corrected chi connectivity index (χ2v) is 3.51. The second-order valence-electron chi connectivity index (χ2n) is 3.51. The summed E-state index contributed by atoms with van der Waals surface area (Å²) in [6, 6.07) is 6.74. The van der Waals surface area contributed by atoms with Gasteiger partial charge in [0.25, 0.3) is 0 Å². The smallest absolute Gasteiger partial charge is 0.159 e. The van der Waals surface area contributed by atoms with Crippen LogP contribution in [0.4, 0.5) is 13.2 Å². The molecule has 4 aromatic carbocycles. The van der Waals surface area contributed by atoms with Crippen LogP contribution in [0.2, 0.25) is 0 Å². The van der Waals surface area contributed by atoms with E-state index in [1.807, 2.05) is 0 Å². The van der Waals surface area contributed by atoms with E-state index in [1.54, 1.807) is 12.1 Å². The number of fused-ring (bicyclic) bond motifs is 2. The lowest BCUT2D eigenvalue weighted by atomic mass is 9.99. The molecule has 0 aliphatic rings. The molecule has 2 bridgehead atoms. The van der Waals surface area contributed by atoms with Crippen LogP contribution in [0.5, 0.6) is 0 Å². The standard InChI is InChI=1S/C12H5F3/c13-10-3-6-1-2-7(10)9-5-12(15)11(14)4-8(6)9/h1-5H. The number of hydrogen-bond donors (Lipinski definition) is 0. The second kappa shape index (κ2) is 2.63. The molecule has 0 saturated heterocycles. The van der Waals surface area contributed by atoms with Gasteiger partial charge in [-0.1, -0.05) is 12.1 Å². The van der Waals surface area contributed by atoms with Crippen molar-refractivity contribution in [3.63, 3.8) is 0 Å². The van der Waals surface area contributed by atoms with Crippen LogP contribution in [0.15, 0.2) is 30.3 Å². The molecular weight excluding hydrogens is 201 g/mol. The molecule has 0 N–H and O–H groups in total. The van der Waals surface area contributed by atoms with Crippen LogP contribution in [0, 0.1) is 17.5 Å². The van der Waals surface area contributed by atoms with E-state index in [-0.39, 0.29) is 0 Å². The van der Waals surface area contributed by atoms with E-state index >= 15 is 0 Å². The van der Waals surface area contributed by atoms with Gasteiger partial charge in [-0.05, 0) is 34.4 Å². The summed E-state index contributed by atoms with van der Waals surface area (Å²) in [7, 11) is 0. The van der Waals surface area contributed by atoms with Crippen molar-refractivity contribution >= 4 is 21.5 Å². The number of halogens is 3. The molecule has 3 heteroatoms. The van der Waals surface area contributed by atoms with Gasteiger partial charge in [-0.3, -0.25) is 0 Å². The Hall–Kier alpha value is -1.77. The van der Waals surface area contributed by atoms with Gasteiger partial charge in [0, 0.05) is 5.39 Å². The van der Waals surface area contributed by atoms with Crippen LogP contribution in [0.1, 0.15) is 0 Å². The first kappa shape index (κ1) is 8.53. The average Bonchev–Trinajstić information content (AvgIpc) is 2.21. The largest absolute Gasteiger partial charge is 0.206 e. The zero-order valence-electron chi connectivity index (χ0n) is 7.52. The Morgan fingerprint density at radius 2 is 1.27 bits per heavy atom. The minimum Gasteiger partial charge on any atom is -0.206 e. The van der Waals surface area contributed by atoms with Gasteiger partial charge in [-0.25, -0.2) is 13.2 Å². The predicted octanol–water partition coefficient (Wildman–Crippen LogP) is 3.85. The highest BCUT2D eigenvalue weighted by Crippen LogP contribution is 2.31. The summed E-state index contributed by atoms with van der Waals surface area (Å²) in [5, 5.41) is 1.87. The van der Waals surface area contributed by atoms with Crippen LogP contribution >= 0.6 is 0 Å². The van der Waals surface area contributed by atoms with E-state index in [1.165, 1.54) is 6.07 Å². The summed E-state index contributed by atoms with van der Waals surface area (Å²) in [4.78, 5) is 0. The average molecular weight is 206 g/mol. The molecule has 0 aliphatic carbocycles. The summed E-state index contributed by atoms with van der Waals surface area (Å²) in [5.41, 5.74) is 0. The van der Waals surface area contributed by atoms with E-state index < -0.39 is 17.5 Å². The molecule has 0 nitrogen and oxygen atoms in total. The van der Waals surface area contributed by atoms with E-state index in [9.17, 15) is 13.2 Å². The van der Waals surface area contributed by atoms with Crippen molar-refractivity contribution in [3.05, 3.63) is 47.8 Å². The highest BCUT2D eigenvalue weighted by molar-refractivity contribution is 6.09. The number of hydrogen-bond acceptors (Lipinski definition) is 0. The summed E-state index contributed by atoms with van der Waals surface area (Å²) < 4.78 is 39.3. The molecule has 0 atom stereocenters. The van der Waals surface area contributed by atoms with Gasteiger partial charge < -0.3 is 0 Å². The van der Waals surface area contributed by atoms with Crippen LogP contribution < -0.4 is 0 Å². The number of rotatable bonds is 0. The summed E-state index contributed by atoms with van der Waals surface area (Å²) in [6.45, 7) is 0. The zero-order chi connectivity index (χ0) is 10.6. The fourth-order valence-electron chi connectivity index (χ4n) is 1.91. The maximum atomic E-state index is 13.3. The van der Waals surface area contributed by atoms with E-state index in [0.717, 1.165) is 12.1 Å². The Balaban J connectivity index is 2.62. The molecule has 0 aliphatic heterocycles. The quantitative estimate of drug-likeness (QED) is 0.524. The Bertz CT molecular complexity index is 658. The number of benzene rings is 4. The first-order chi connectivity index (χ1) is 7.16. The van der Waals surface area contributed by atoms with Crippen LogP contribution in [-0.4, -0.2) is 0 Å². The molecule has 0 amide bonds. The molecule has 0 aromatic heterocycles. The molecule has 15 heavy (non-hydrogen) atoms. The maximum absolute atomic E-state index is 13.3. The molecular formula is C12H5F3. The third-order valence-electron chi connectivity index (χ3n) is 2.63. The summed E-state index contributed by atoms with van der Waals surface area (Å²) in [5.74, 6) is -2.25. The van der Waals surface area contributed by atoms with Gasteiger partial charge in [0.1, 0.15) is 5.82 Å². The van der Waals surface area contributed by atoms with Crippen molar-refractivity contribution in [2.45, 2.75) is 0 Å². The fourth-order valence-corrected chi connectivity index (χ4v) is 1.91. The molecule has 0 saturated carbocycles. The first-order valence-electron chi connectivity index (χ1n) is 4.46. The van der Waals surface area contributed by atoms with Crippen molar-refractivity contribution in [1.82, 2.24) is 0 Å². The van der Waals surface area contributed by atoms with E-state index in [2.05, 4.69) is 0 Å². The van der Waals surface area contributed by atoms with Gasteiger partial charge in [-0.2, -0.15) is 0 Å². The highest BCUT2D eigenvalue weighted by Gasteiger charge is 2.12. The minimum absolute atomic E-state index is 0.318.